The highest BCUT2D eigenvalue weighted by atomic mass is 16.3. The molecule has 1 aromatic carbocycles. The molecule has 0 bridgehead atoms. The summed E-state index contributed by atoms with van der Waals surface area (Å²) in [4.78, 5) is 11.7. The molecule has 1 aliphatic carbocycles. The molecule has 0 aromatic heterocycles. The number of aliphatic hydroxyl groups excluding tert-OH is 1. The van der Waals surface area contributed by atoms with Gasteiger partial charge in [-0.1, -0.05) is 48.9 Å². The third-order valence-electron chi connectivity index (χ3n) is 3.30. The maximum Gasteiger partial charge on any atom is 0.138 e. The van der Waals surface area contributed by atoms with Crippen LogP contribution in [0, 0.1) is 5.92 Å². The topological polar surface area (TPSA) is 37.3 Å². The Hall–Kier alpha value is -1.41. The van der Waals surface area contributed by atoms with Crippen molar-refractivity contribution in [3.05, 3.63) is 42.0 Å². The summed E-state index contributed by atoms with van der Waals surface area (Å²) in [7, 11) is 0. The van der Waals surface area contributed by atoms with E-state index in [4.69, 9.17) is 0 Å². The van der Waals surface area contributed by atoms with Gasteiger partial charge in [0.05, 0.1) is 6.10 Å². The summed E-state index contributed by atoms with van der Waals surface area (Å²) in [5.41, 5.74) is 1.05. The van der Waals surface area contributed by atoms with Gasteiger partial charge in [0.15, 0.2) is 0 Å². The van der Waals surface area contributed by atoms with E-state index in [-0.39, 0.29) is 11.7 Å². The third kappa shape index (κ3) is 3.27. The van der Waals surface area contributed by atoms with Crippen molar-refractivity contribution in [2.75, 3.05) is 0 Å². The Morgan fingerprint density at radius 1 is 1.24 bits per heavy atom. The lowest BCUT2D eigenvalue weighted by atomic mass is 9.84. The van der Waals surface area contributed by atoms with E-state index >= 15 is 0 Å². The second-order valence-electron chi connectivity index (χ2n) is 4.58. The van der Waals surface area contributed by atoms with Crippen LogP contribution in [0.25, 0.3) is 6.08 Å². The highest BCUT2D eigenvalue weighted by Crippen LogP contribution is 2.24. The van der Waals surface area contributed by atoms with Crippen LogP contribution in [0.1, 0.15) is 31.2 Å². The fourth-order valence-corrected chi connectivity index (χ4v) is 2.28. The molecule has 90 valence electrons. The molecule has 2 heteroatoms. The molecule has 2 rings (SSSR count). The summed E-state index contributed by atoms with van der Waals surface area (Å²) in [6, 6.07) is 9.83. The summed E-state index contributed by atoms with van der Waals surface area (Å²) in [5.74, 6) is 0.0187. The van der Waals surface area contributed by atoms with Gasteiger partial charge >= 0.3 is 0 Å². The SMILES string of the molecule is O=C1CCCCC1C(O)C=Cc1ccccc1. The molecule has 0 saturated heterocycles. The van der Waals surface area contributed by atoms with Crippen molar-refractivity contribution in [1.82, 2.24) is 0 Å². The lowest BCUT2D eigenvalue weighted by molar-refractivity contribution is -0.127. The summed E-state index contributed by atoms with van der Waals surface area (Å²) >= 11 is 0. The molecule has 2 unspecified atom stereocenters. The molecule has 0 spiro atoms. The van der Waals surface area contributed by atoms with Gasteiger partial charge in [0, 0.05) is 12.3 Å². The van der Waals surface area contributed by atoms with Gasteiger partial charge in [0.2, 0.25) is 0 Å². The second-order valence-corrected chi connectivity index (χ2v) is 4.58. The Bertz CT molecular complexity index is 395. The molecule has 1 aromatic rings. The summed E-state index contributed by atoms with van der Waals surface area (Å²) in [6.45, 7) is 0. The van der Waals surface area contributed by atoms with Crippen LogP contribution in [0.2, 0.25) is 0 Å². The largest absolute Gasteiger partial charge is 0.388 e. The zero-order valence-corrected chi connectivity index (χ0v) is 9.88. The Morgan fingerprint density at radius 3 is 2.71 bits per heavy atom. The quantitative estimate of drug-likeness (QED) is 0.867. The van der Waals surface area contributed by atoms with Crippen LogP contribution in [-0.2, 0) is 4.79 Å². The lowest BCUT2D eigenvalue weighted by Gasteiger charge is -2.23. The van der Waals surface area contributed by atoms with Crippen molar-refractivity contribution >= 4 is 11.9 Å². The maximum absolute atomic E-state index is 11.7. The minimum Gasteiger partial charge on any atom is -0.388 e. The van der Waals surface area contributed by atoms with E-state index in [1.54, 1.807) is 6.08 Å². The van der Waals surface area contributed by atoms with Crippen LogP contribution in [0.3, 0.4) is 0 Å². The van der Waals surface area contributed by atoms with Gasteiger partial charge in [0.25, 0.3) is 0 Å². The lowest BCUT2D eigenvalue weighted by Crippen LogP contribution is -2.29. The average Bonchev–Trinajstić information content (AvgIpc) is 2.38. The van der Waals surface area contributed by atoms with Gasteiger partial charge in [-0.2, -0.15) is 0 Å². The predicted molar refractivity (Wildman–Crippen MR) is 68.4 cm³/mol. The number of Topliss-reactive ketones (excluding diaryl/α,β-unsaturated/α-hetero) is 1. The monoisotopic (exact) mass is 230 g/mol. The molecule has 1 saturated carbocycles. The molecule has 0 amide bonds. The van der Waals surface area contributed by atoms with E-state index in [0.29, 0.717) is 6.42 Å². The first-order valence-corrected chi connectivity index (χ1v) is 6.21. The van der Waals surface area contributed by atoms with Gasteiger partial charge in [-0.25, -0.2) is 0 Å². The van der Waals surface area contributed by atoms with Crippen molar-refractivity contribution in [3.8, 4) is 0 Å². The standard InChI is InChI=1S/C15H18O2/c16-14-9-5-4-8-13(14)15(17)11-10-12-6-2-1-3-7-12/h1-3,6-7,10-11,13,15,17H,4-5,8-9H2. The Balaban J connectivity index is 1.98. The van der Waals surface area contributed by atoms with E-state index in [9.17, 15) is 9.90 Å². The number of ketones is 1. The fourth-order valence-electron chi connectivity index (χ4n) is 2.28. The van der Waals surface area contributed by atoms with Crippen molar-refractivity contribution in [3.63, 3.8) is 0 Å². The Kier molecular flexibility index (Phi) is 4.10. The summed E-state index contributed by atoms with van der Waals surface area (Å²) < 4.78 is 0. The summed E-state index contributed by atoms with van der Waals surface area (Å²) in [5, 5.41) is 10.00. The highest BCUT2D eigenvalue weighted by molar-refractivity contribution is 5.82. The number of rotatable bonds is 3. The van der Waals surface area contributed by atoms with Gasteiger partial charge in [-0.05, 0) is 18.4 Å². The number of carbonyl (C=O) groups is 1. The van der Waals surface area contributed by atoms with Gasteiger partial charge in [0.1, 0.15) is 5.78 Å². The third-order valence-corrected chi connectivity index (χ3v) is 3.30. The molecular formula is C15H18O2. The van der Waals surface area contributed by atoms with E-state index in [0.717, 1.165) is 24.8 Å². The minimum atomic E-state index is -0.636. The molecule has 0 radical (unpaired) electrons. The molecular weight excluding hydrogens is 212 g/mol. The number of carbonyl (C=O) groups excluding carboxylic acids is 1. The van der Waals surface area contributed by atoms with E-state index in [1.807, 2.05) is 36.4 Å². The molecule has 2 nitrogen and oxygen atoms in total. The molecule has 1 fully saturated rings. The van der Waals surface area contributed by atoms with Gasteiger partial charge in [-0.3, -0.25) is 4.79 Å². The molecule has 17 heavy (non-hydrogen) atoms. The fraction of sp³-hybridized carbons (Fsp3) is 0.400. The number of hydrogen-bond donors (Lipinski definition) is 1. The average molecular weight is 230 g/mol. The molecule has 2 atom stereocenters. The van der Waals surface area contributed by atoms with Crippen LogP contribution < -0.4 is 0 Å². The van der Waals surface area contributed by atoms with E-state index in [1.165, 1.54) is 0 Å². The molecule has 0 heterocycles. The van der Waals surface area contributed by atoms with Crippen LogP contribution in [0.4, 0.5) is 0 Å². The van der Waals surface area contributed by atoms with Crippen LogP contribution >= 0.6 is 0 Å². The van der Waals surface area contributed by atoms with E-state index < -0.39 is 6.10 Å². The van der Waals surface area contributed by atoms with Crippen molar-refractivity contribution in [2.45, 2.75) is 31.8 Å². The zero-order valence-electron chi connectivity index (χ0n) is 9.88. The second kappa shape index (κ2) is 5.78. The van der Waals surface area contributed by atoms with Crippen molar-refractivity contribution in [2.24, 2.45) is 5.92 Å². The molecule has 1 N–H and O–H groups in total. The highest BCUT2D eigenvalue weighted by Gasteiger charge is 2.27. The number of aliphatic hydroxyl groups is 1. The normalized spacial score (nSPS) is 22.9. The first kappa shape index (κ1) is 12.1. The molecule has 0 aliphatic heterocycles. The van der Waals surface area contributed by atoms with Crippen molar-refractivity contribution < 1.29 is 9.90 Å². The smallest absolute Gasteiger partial charge is 0.138 e. The maximum atomic E-state index is 11.7. The van der Waals surface area contributed by atoms with Crippen LogP contribution in [-0.4, -0.2) is 17.0 Å². The predicted octanol–water partition coefficient (Wildman–Crippen LogP) is 2.82. The van der Waals surface area contributed by atoms with Crippen LogP contribution in [0.15, 0.2) is 36.4 Å². The van der Waals surface area contributed by atoms with Crippen LogP contribution in [0.5, 0.6) is 0 Å². The zero-order chi connectivity index (χ0) is 12.1. The Labute approximate surface area is 102 Å². The first-order valence-electron chi connectivity index (χ1n) is 6.21. The summed E-state index contributed by atoms with van der Waals surface area (Å²) in [6.07, 6.45) is 6.45. The number of benzene rings is 1. The van der Waals surface area contributed by atoms with Gasteiger partial charge in [-0.15, -0.1) is 0 Å². The Morgan fingerprint density at radius 2 is 2.00 bits per heavy atom. The number of hydrogen-bond acceptors (Lipinski definition) is 2. The van der Waals surface area contributed by atoms with E-state index in [2.05, 4.69) is 0 Å². The minimum absolute atomic E-state index is 0.191. The van der Waals surface area contributed by atoms with Crippen molar-refractivity contribution in [1.29, 1.82) is 0 Å². The first-order chi connectivity index (χ1) is 8.27. The van der Waals surface area contributed by atoms with Gasteiger partial charge < -0.3 is 5.11 Å². The molecule has 1 aliphatic rings.